The first kappa shape index (κ1) is 6.97. The first-order valence-corrected chi connectivity index (χ1v) is 3.66. The fourth-order valence-corrected chi connectivity index (χ4v) is 1.00. The summed E-state index contributed by atoms with van der Waals surface area (Å²) >= 11 is 0. The van der Waals surface area contributed by atoms with Gasteiger partial charge in [0.2, 0.25) is 0 Å². The fraction of sp³-hybridized carbons (Fsp3) is 0.125. The zero-order valence-electron chi connectivity index (χ0n) is 6.68. The van der Waals surface area contributed by atoms with Crippen LogP contribution in [0.25, 0.3) is 5.82 Å². The second-order valence-electron chi connectivity index (χ2n) is 2.41. The van der Waals surface area contributed by atoms with Gasteiger partial charge < -0.3 is 0 Å². The number of aryl methyl sites for hydroxylation is 1. The molecule has 0 aliphatic heterocycles. The number of hydrogen-bond donors (Lipinski definition) is 0. The maximum Gasteiger partial charge on any atom is 0.155 e. The fourth-order valence-electron chi connectivity index (χ4n) is 1.00. The maximum absolute atomic E-state index is 4.14. The Hall–Kier alpha value is -1.71. The first-order valence-electron chi connectivity index (χ1n) is 3.66. The molecule has 0 radical (unpaired) electrons. The third-order valence-electron chi connectivity index (χ3n) is 1.58. The lowest BCUT2D eigenvalue weighted by Gasteiger charge is -1.99. The van der Waals surface area contributed by atoms with E-state index < -0.39 is 0 Å². The van der Waals surface area contributed by atoms with Crippen LogP contribution in [0.3, 0.4) is 0 Å². The van der Waals surface area contributed by atoms with Crippen LogP contribution in [0.4, 0.5) is 0 Å². The van der Waals surface area contributed by atoms with Crippen molar-refractivity contribution in [3.8, 4) is 5.82 Å². The molecule has 0 aromatic carbocycles. The Morgan fingerprint density at radius 2 is 2.17 bits per heavy atom. The standard InChI is InChI=1S/C8H8N4/c1-7-10-6-11-12(7)8-4-2-3-5-9-8/h2-6H,1H3. The van der Waals surface area contributed by atoms with Crippen molar-refractivity contribution in [2.75, 3.05) is 0 Å². The van der Waals surface area contributed by atoms with E-state index in [0.29, 0.717) is 0 Å². The Morgan fingerprint density at radius 3 is 2.75 bits per heavy atom. The van der Waals surface area contributed by atoms with Crippen LogP contribution in [-0.2, 0) is 0 Å². The number of pyridine rings is 1. The predicted molar refractivity (Wildman–Crippen MR) is 43.9 cm³/mol. The summed E-state index contributed by atoms with van der Waals surface area (Å²) in [7, 11) is 0. The summed E-state index contributed by atoms with van der Waals surface area (Å²) in [6.07, 6.45) is 3.25. The SMILES string of the molecule is Cc1ncnn1-c1ccccn1. The minimum Gasteiger partial charge on any atom is -0.237 e. The summed E-state index contributed by atoms with van der Waals surface area (Å²) in [4.78, 5) is 8.15. The lowest BCUT2D eigenvalue weighted by molar-refractivity contribution is 0.811. The summed E-state index contributed by atoms with van der Waals surface area (Å²) < 4.78 is 1.69. The molecule has 0 atom stereocenters. The van der Waals surface area contributed by atoms with E-state index in [-0.39, 0.29) is 0 Å². The van der Waals surface area contributed by atoms with E-state index in [2.05, 4.69) is 15.1 Å². The summed E-state index contributed by atoms with van der Waals surface area (Å²) in [6, 6.07) is 5.68. The van der Waals surface area contributed by atoms with E-state index in [1.54, 1.807) is 10.9 Å². The normalized spacial score (nSPS) is 10.1. The van der Waals surface area contributed by atoms with Crippen molar-refractivity contribution in [3.63, 3.8) is 0 Å². The van der Waals surface area contributed by atoms with Gasteiger partial charge in [-0.3, -0.25) is 0 Å². The van der Waals surface area contributed by atoms with Crippen molar-refractivity contribution in [2.45, 2.75) is 6.92 Å². The van der Waals surface area contributed by atoms with Gasteiger partial charge in [0.1, 0.15) is 12.2 Å². The quantitative estimate of drug-likeness (QED) is 0.624. The molecule has 0 unspecified atom stereocenters. The average Bonchev–Trinajstić information content (AvgIpc) is 2.53. The molecule has 2 aromatic rings. The molecule has 0 spiro atoms. The topological polar surface area (TPSA) is 43.6 Å². The van der Waals surface area contributed by atoms with Crippen molar-refractivity contribution in [2.24, 2.45) is 0 Å². The Morgan fingerprint density at radius 1 is 1.25 bits per heavy atom. The average molecular weight is 160 g/mol. The highest BCUT2D eigenvalue weighted by Gasteiger charge is 2.00. The van der Waals surface area contributed by atoms with E-state index in [1.165, 1.54) is 6.33 Å². The Balaban J connectivity index is 2.51. The van der Waals surface area contributed by atoms with Crippen molar-refractivity contribution in [3.05, 3.63) is 36.5 Å². The molecule has 0 bridgehead atoms. The molecule has 2 heterocycles. The van der Waals surface area contributed by atoms with Gasteiger partial charge in [-0.1, -0.05) is 6.07 Å². The van der Waals surface area contributed by atoms with E-state index in [1.807, 2.05) is 25.1 Å². The van der Waals surface area contributed by atoms with Gasteiger partial charge in [0.05, 0.1) is 0 Å². The van der Waals surface area contributed by atoms with Crippen LogP contribution in [0, 0.1) is 6.92 Å². The molecular weight excluding hydrogens is 152 g/mol. The van der Waals surface area contributed by atoms with Gasteiger partial charge >= 0.3 is 0 Å². The van der Waals surface area contributed by atoms with Crippen LogP contribution in [-0.4, -0.2) is 19.7 Å². The highest BCUT2D eigenvalue weighted by atomic mass is 15.4. The lowest BCUT2D eigenvalue weighted by atomic mass is 10.4. The number of rotatable bonds is 1. The van der Waals surface area contributed by atoms with Crippen LogP contribution in [0.5, 0.6) is 0 Å². The number of nitrogens with zero attached hydrogens (tertiary/aromatic N) is 4. The van der Waals surface area contributed by atoms with Gasteiger partial charge in [0.15, 0.2) is 5.82 Å². The first-order chi connectivity index (χ1) is 5.88. The maximum atomic E-state index is 4.14. The largest absolute Gasteiger partial charge is 0.237 e. The molecule has 4 heteroatoms. The monoisotopic (exact) mass is 160 g/mol. The minimum absolute atomic E-state index is 0.799. The van der Waals surface area contributed by atoms with Crippen molar-refractivity contribution < 1.29 is 0 Å². The van der Waals surface area contributed by atoms with Gasteiger partial charge in [0.25, 0.3) is 0 Å². The van der Waals surface area contributed by atoms with Crippen LogP contribution in [0.15, 0.2) is 30.7 Å². The molecule has 0 saturated heterocycles. The van der Waals surface area contributed by atoms with Crippen molar-refractivity contribution in [1.82, 2.24) is 19.7 Å². The molecule has 0 aliphatic carbocycles. The molecule has 0 saturated carbocycles. The lowest BCUT2D eigenvalue weighted by Crippen LogP contribution is -2.00. The second-order valence-corrected chi connectivity index (χ2v) is 2.41. The molecule has 60 valence electrons. The molecule has 2 rings (SSSR count). The van der Waals surface area contributed by atoms with E-state index in [9.17, 15) is 0 Å². The molecule has 0 amide bonds. The van der Waals surface area contributed by atoms with E-state index in [0.717, 1.165) is 11.6 Å². The Labute approximate surface area is 69.9 Å². The molecule has 0 N–H and O–H groups in total. The third-order valence-corrected chi connectivity index (χ3v) is 1.58. The van der Waals surface area contributed by atoms with Crippen molar-refractivity contribution >= 4 is 0 Å². The summed E-state index contributed by atoms with van der Waals surface area (Å²) in [6.45, 7) is 1.89. The van der Waals surface area contributed by atoms with Crippen LogP contribution < -0.4 is 0 Å². The van der Waals surface area contributed by atoms with E-state index >= 15 is 0 Å². The Bertz CT molecular complexity index is 366. The third kappa shape index (κ3) is 1.07. The molecule has 12 heavy (non-hydrogen) atoms. The van der Waals surface area contributed by atoms with Gasteiger partial charge in [-0.25, -0.2) is 9.97 Å². The molecule has 0 aliphatic rings. The number of aromatic nitrogens is 4. The highest BCUT2D eigenvalue weighted by molar-refractivity contribution is 5.20. The number of hydrogen-bond acceptors (Lipinski definition) is 3. The summed E-state index contributed by atoms with van der Waals surface area (Å²) in [5.41, 5.74) is 0. The summed E-state index contributed by atoms with van der Waals surface area (Å²) in [5, 5.41) is 4.03. The van der Waals surface area contributed by atoms with Gasteiger partial charge in [-0.15, -0.1) is 0 Å². The van der Waals surface area contributed by atoms with E-state index in [4.69, 9.17) is 0 Å². The van der Waals surface area contributed by atoms with Crippen LogP contribution in [0.1, 0.15) is 5.82 Å². The minimum atomic E-state index is 0.799. The molecule has 4 nitrogen and oxygen atoms in total. The van der Waals surface area contributed by atoms with Gasteiger partial charge in [-0.2, -0.15) is 9.78 Å². The van der Waals surface area contributed by atoms with Crippen LogP contribution >= 0.6 is 0 Å². The zero-order valence-corrected chi connectivity index (χ0v) is 6.68. The van der Waals surface area contributed by atoms with Crippen LogP contribution in [0.2, 0.25) is 0 Å². The molecule has 2 aromatic heterocycles. The van der Waals surface area contributed by atoms with Crippen molar-refractivity contribution in [1.29, 1.82) is 0 Å². The zero-order chi connectivity index (χ0) is 8.39. The summed E-state index contributed by atoms with van der Waals surface area (Å²) in [5.74, 6) is 1.64. The smallest absolute Gasteiger partial charge is 0.155 e. The second kappa shape index (κ2) is 2.73. The molecule has 0 fully saturated rings. The van der Waals surface area contributed by atoms with Gasteiger partial charge in [0, 0.05) is 6.20 Å². The Kier molecular flexibility index (Phi) is 1.59. The predicted octanol–water partition coefficient (Wildman–Crippen LogP) is 0.971. The highest BCUT2D eigenvalue weighted by Crippen LogP contribution is 2.02. The molecular formula is C8H8N4. The van der Waals surface area contributed by atoms with Gasteiger partial charge in [-0.05, 0) is 19.1 Å².